The van der Waals surface area contributed by atoms with Crippen LogP contribution in [-0.4, -0.2) is 30.1 Å². The van der Waals surface area contributed by atoms with Crippen molar-refractivity contribution in [2.45, 2.75) is 0 Å². The third kappa shape index (κ3) is 1.86. The fourth-order valence-electron chi connectivity index (χ4n) is 2.12. The van der Waals surface area contributed by atoms with Crippen molar-refractivity contribution in [1.82, 2.24) is 30.1 Å². The van der Waals surface area contributed by atoms with Crippen LogP contribution in [0, 0.1) is 11.8 Å². The highest BCUT2D eigenvalue weighted by atomic mass is 15.2. The summed E-state index contributed by atoms with van der Waals surface area (Å²) in [6.07, 6.45) is 3.03. The summed E-state index contributed by atoms with van der Waals surface area (Å²) in [7, 11) is 0. The van der Waals surface area contributed by atoms with Gasteiger partial charge in [0.2, 0.25) is 0 Å². The molecule has 0 saturated heterocycles. The highest BCUT2D eigenvalue weighted by molar-refractivity contribution is 5.90. The number of rotatable bonds is 0. The first-order valence-electron chi connectivity index (χ1n) is 6.21. The summed E-state index contributed by atoms with van der Waals surface area (Å²) < 4.78 is 0. The fraction of sp³-hybridized carbons (Fsp3) is 0. The van der Waals surface area contributed by atoms with E-state index >= 15 is 0 Å². The van der Waals surface area contributed by atoms with Gasteiger partial charge in [0.1, 0.15) is 17.8 Å². The van der Waals surface area contributed by atoms with Gasteiger partial charge in [0.25, 0.3) is 0 Å². The van der Waals surface area contributed by atoms with Gasteiger partial charge in [-0.25, -0.2) is 15.0 Å². The molecule has 1 aromatic carbocycles. The van der Waals surface area contributed by atoms with E-state index in [-0.39, 0.29) is 0 Å². The maximum atomic E-state index is 5.84. The van der Waals surface area contributed by atoms with E-state index < -0.39 is 0 Å². The molecule has 4 rings (SSSR count). The molecule has 7 heteroatoms. The second-order valence-electron chi connectivity index (χ2n) is 4.44. The van der Waals surface area contributed by atoms with Crippen LogP contribution < -0.4 is 5.73 Å². The first-order chi connectivity index (χ1) is 10.3. The van der Waals surface area contributed by atoms with Crippen molar-refractivity contribution in [1.29, 1.82) is 0 Å². The molecule has 3 heterocycles. The van der Waals surface area contributed by atoms with Crippen LogP contribution in [0.1, 0.15) is 11.3 Å². The molecule has 4 aromatic rings. The van der Waals surface area contributed by atoms with Crippen LogP contribution in [0.4, 0.5) is 5.82 Å². The number of nitrogens with two attached hydrogens (primary N) is 1. The quantitative estimate of drug-likeness (QED) is 0.418. The van der Waals surface area contributed by atoms with Crippen molar-refractivity contribution >= 4 is 27.9 Å². The maximum absolute atomic E-state index is 5.84. The maximum Gasteiger partial charge on any atom is 0.187 e. The number of aromatic nitrogens is 6. The van der Waals surface area contributed by atoms with Crippen LogP contribution >= 0.6 is 0 Å². The summed E-state index contributed by atoms with van der Waals surface area (Å²) in [5, 5.41) is 7.54. The highest BCUT2D eigenvalue weighted by Crippen LogP contribution is 2.17. The van der Waals surface area contributed by atoms with Crippen molar-refractivity contribution in [3.05, 3.63) is 42.1 Å². The summed E-state index contributed by atoms with van der Waals surface area (Å²) in [6, 6.07) is 5.76. The van der Waals surface area contributed by atoms with Crippen LogP contribution in [0.25, 0.3) is 22.1 Å². The van der Waals surface area contributed by atoms with Crippen molar-refractivity contribution in [2.75, 3.05) is 5.73 Å². The van der Waals surface area contributed by atoms with Crippen molar-refractivity contribution in [2.24, 2.45) is 0 Å². The molecule has 0 atom stereocenters. The van der Waals surface area contributed by atoms with Crippen LogP contribution in [-0.2, 0) is 0 Å². The molecule has 0 aliphatic heterocycles. The van der Waals surface area contributed by atoms with Gasteiger partial charge < -0.3 is 10.7 Å². The Kier molecular flexibility index (Phi) is 2.35. The summed E-state index contributed by atoms with van der Waals surface area (Å²) >= 11 is 0. The molecule has 7 nitrogen and oxygen atoms in total. The SMILES string of the molecule is Nc1ncnc2n[nH]c(C#Cc3ccc4nc[nH]c4c3)c12. The monoisotopic (exact) mass is 275 g/mol. The number of anilines is 1. The van der Waals surface area contributed by atoms with Gasteiger partial charge in [0.05, 0.1) is 22.7 Å². The predicted molar refractivity (Wildman–Crippen MR) is 78.2 cm³/mol. The lowest BCUT2D eigenvalue weighted by atomic mass is 10.2. The number of hydrogen-bond acceptors (Lipinski definition) is 5. The Balaban J connectivity index is 1.81. The third-order valence-corrected chi connectivity index (χ3v) is 3.13. The van der Waals surface area contributed by atoms with Gasteiger partial charge in [0.15, 0.2) is 5.65 Å². The van der Waals surface area contributed by atoms with Crippen LogP contribution in [0.5, 0.6) is 0 Å². The summed E-state index contributed by atoms with van der Waals surface area (Å²) in [5.74, 6) is 6.45. The van der Waals surface area contributed by atoms with E-state index in [1.54, 1.807) is 6.33 Å². The molecule has 0 radical (unpaired) electrons. The number of nitrogens with zero attached hydrogens (tertiary/aromatic N) is 4. The average molecular weight is 275 g/mol. The molecular weight excluding hydrogens is 266 g/mol. The molecule has 0 unspecified atom stereocenters. The molecule has 0 bridgehead atoms. The zero-order chi connectivity index (χ0) is 14.2. The molecule has 21 heavy (non-hydrogen) atoms. The Hall–Kier alpha value is -3.40. The number of H-pyrrole nitrogens is 2. The zero-order valence-corrected chi connectivity index (χ0v) is 10.8. The molecule has 0 spiro atoms. The number of hydrogen-bond donors (Lipinski definition) is 3. The average Bonchev–Trinajstić information content (AvgIpc) is 3.11. The molecule has 0 aliphatic carbocycles. The minimum atomic E-state index is 0.363. The molecule has 0 aliphatic rings. The van der Waals surface area contributed by atoms with Gasteiger partial charge in [-0.1, -0.05) is 5.92 Å². The lowest BCUT2D eigenvalue weighted by Crippen LogP contribution is -1.92. The minimum Gasteiger partial charge on any atom is -0.383 e. The van der Waals surface area contributed by atoms with E-state index in [1.807, 2.05) is 18.2 Å². The first-order valence-corrected chi connectivity index (χ1v) is 6.21. The molecule has 0 amide bonds. The van der Waals surface area contributed by atoms with Gasteiger partial charge in [-0.3, -0.25) is 5.10 Å². The van der Waals surface area contributed by atoms with E-state index in [0.717, 1.165) is 16.6 Å². The van der Waals surface area contributed by atoms with E-state index in [4.69, 9.17) is 5.73 Å². The molecular formula is C14H9N7. The highest BCUT2D eigenvalue weighted by Gasteiger charge is 2.08. The van der Waals surface area contributed by atoms with Crippen molar-refractivity contribution in [3.8, 4) is 11.8 Å². The van der Waals surface area contributed by atoms with Gasteiger partial charge in [0, 0.05) is 5.56 Å². The van der Waals surface area contributed by atoms with Crippen LogP contribution in [0.3, 0.4) is 0 Å². The van der Waals surface area contributed by atoms with E-state index in [2.05, 4.69) is 42.0 Å². The van der Waals surface area contributed by atoms with Gasteiger partial charge in [-0.15, -0.1) is 0 Å². The van der Waals surface area contributed by atoms with Crippen molar-refractivity contribution in [3.63, 3.8) is 0 Å². The van der Waals surface area contributed by atoms with E-state index in [0.29, 0.717) is 22.5 Å². The fourth-order valence-corrected chi connectivity index (χ4v) is 2.12. The Morgan fingerprint density at radius 1 is 1.10 bits per heavy atom. The summed E-state index contributed by atoms with van der Waals surface area (Å²) in [5.41, 5.74) is 9.67. The van der Waals surface area contributed by atoms with Gasteiger partial charge in [-0.2, -0.15) is 5.10 Å². The predicted octanol–water partition coefficient (Wildman–Crippen LogP) is 1.21. The molecule has 0 fully saturated rings. The number of aromatic amines is 2. The standard InChI is InChI=1S/C14H9N7/c15-13-12-10(20-21-14(12)19-7-18-13)4-2-8-1-3-9-11(5-8)17-6-16-9/h1,3,5-7H,(H,16,17)(H3,15,18,19,20,21). The Bertz CT molecular complexity index is 1020. The second-order valence-corrected chi connectivity index (χ2v) is 4.44. The number of nitrogens with one attached hydrogen (secondary N) is 2. The van der Waals surface area contributed by atoms with Crippen molar-refractivity contribution < 1.29 is 0 Å². The van der Waals surface area contributed by atoms with E-state index in [9.17, 15) is 0 Å². The minimum absolute atomic E-state index is 0.363. The van der Waals surface area contributed by atoms with Gasteiger partial charge >= 0.3 is 0 Å². The number of nitrogen functional groups attached to an aromatic ring is 1. The Labute approximate surface area is 118 Å². The Morgan fingerprint density at radius 2 is 2.05 bits per heavy atom. The number of benzene rings is 1. The number of imidazole rings is 1. The molecule has 0 saturated carbocycles. The first kappa shape index (κ1) is 11.4. The van der Waals surface area contributed by atoms with E-state index in [1.165, 1.54) is 6.33 Å². The lowest BCUT2D eigenvalue weighted by molar-refractivity contribution is 1.08. The molecule has 3 aromatic heterocycles. The summed E-state index contributed by atoms with van der Waals surface area (Å²) in [6.45, 7) is 0. The largest absolute Gasteiger partial charge is 0.383 e. The normalized spacial score (nSPS) is 10.7. The second kappa shape index (κ2) is 4.31. The molecule has 100 valence electrons. The Morgan fingerprint density at radius 3 is 3.00 bits per heavy atom. The number of fused-ring (bicyclic) bond motifs is 2. The lowest BCUT2D eigenvalue weighted by Gasteiger charge is -1.93. The van der Waals surface area contributed by atoms with Gasteiger partial charge in [-0.05, 0) is 24.1 Å². The van der Waals surface area contributed by atoms with Crippen LogP contribution in [0.15, 0.2) is 30.9 Å². The van der Waals surface area contributed by atoms with Crippen LogP contribution in [0.2, 0.25) is 0 Å². The topological polar surface area (TPSA) is 109 Å². The summed E-state index contributed by atoms with van der Waals surface area (Å²) in [4.78, 5) is 15.2. The zero-order valence-electron chi connectivity index (χ0n) is 10.8. The third-order valence-electron chi connectivity index (χ3n) is 3.13. The molecule has 4 N–H and O–H groups in total. The smallest absolute Gasteiger partial charge is 0.187 e.